The summed E-state index contributed by atoms with van der Waals surface area (Å²) in [5.41, 5.74) is 1.19. The van der Waals surface area contributed by atoms with Gasteiger partial charge in [-0.15, -0.1) is 0 Å². The van der Waals surface area contributed by atoms with E-state index >= 15 is 0 Å². The molecule has 1 aromatic rings. The van der Waals surface area contributed by atoms with E-state index in [0.717, 1.165) is 6.42 Å². The summed E-state index contributed by atoms with van der Waals surface area (Å²) in [4.78, 5) is 37.9. The number of carbonyl (C=O) groups excluding carboxylic acids is 3. The molecule has 132 valence electrons. The minimum atomic E-state index is -0.183. The van der Waals surface area contributed by atoms with Crippen LogP contribution in [0, 0.1) is 11.8 Å². The van der Waals surface area contributed by atoms with Crippen LogP contribution in [0.25, 0.3) is 0 Å². The second kappa shape index (κ2) is 8.10. The standard InChI is InChI=1S/C20H24N2O3/c23-18(21-13-12-15-7-2-1-3-8-15)11-6-14-22-19(24)16-9-4-5-10-17(16)20(22)25/h1-5,7-8,16-17H,6,9-14H2,(H,21,23)/t16-,17-/m0/s1. The van der Waals surface area contributed by atoms with E-state index in [1.54, 1.807) is 0 Å². The minimum Gasteiger partial charge on any atom is -0.356 e. The molecule has 1 heterocycles. The second-order valence-electron chi connectivity index (χ2n) is 6.67. The highest BCUT2D eigenvalue weighted by molar-refractivity contribution is 6.05. The molecule has 0 bridgehead atoms. The lowest BCUT2D eigenvalue weighted by Crippen LogP contribution is -2.33. The van der Waals surface area contributed by atoms with E-state index in [9.17, 15) is 14.4 Å². The van der Waals surface area contributed by atoms with Gasteiger partial charge in [0, 0.05) is 19.5 Å². The number of imide groups is 1. The first-order valence-corrected chi connectivity index (χ1v) is 8.97. The molecular formula is C20H24N2O3. The highest BCUT2D eigenvalue weighted by Gasteiger charge is 2.46. The van der Waals surface area contributed by atoms with Gasteiger partial charge >= 0.3 is 0 Å². The number of hydrogen-bond donors (Lipinski definition) is 1. The zero-order valence-corrected chi connectivity index (χ0v) is 14.3. The van der Waals surface area contributed by atoms with Gasteiger partial charge in [0.1, 0.15) is 0 Å². The Balaban J connectivity index is 1.37. The lowest BCUT2D eigenvalue weighted by atomic mass is 9.85. The highest BCUT2D eigenvalue weighted by Crippen LogP contribution is 2.35. The zero-order chi connectivity index (χ0) is 17.6. The maximum absolute atomic E-state index is 12.3. The molecule has 1 saturated heterocycles. The average molecular weight is 340 g/mol. The molecular weight excluding hydrogens is 316 g/mol. The maximum Gasteiger partial charge on any atom is 0.233 e. The number of nitrogens with zero attached hydrogens (tertiary/aromatic N) is 1. The van der Waals surface area contributed by atoms with E-state index < -0.39 is 0 Å². The van der Waals surface area contributed by atoms with Crippen molar-refractivity contribution in [2.24, 2.45) is 11.8 Å². The second-order valence-corrected chi connectivity index (χ2v) is 6.67. The van der Waals surface area contributed by atoms with Crippen LogP contribution >= 0.6 is 0 Å². The number of allylic oxidation sites excluding steroid dienone is 2. The molecule has 0 aromatic heterocycles. The van der Waals surface area contributed by atoms with Crippen LogP contribution in [0.2, 0.25) is 0 Å². The summed E-state index contributed by atoms with van der Waals surface area (Å²) >= 11 is 0. The average Bonchev–Trinajstić information content (AvgIpc) is 2.88. The van der Waals surface area contributed by atoms with Gasteiger partial charge in [-0.25, -0.2) is 0 Å². The molecule has 2 aliphatic rings. The molecule has 0 radical (unpaired) electrons. The predicted octanol–water partition coefficient (Wildman–Crippen LogP) is 2.08. The molecule has 3 amide bonds. The first-order valence-electron chi connectivity index (χ1n) is 8.97. The number of likely N-dealkylation sites (tertiary alicyclic amines) is 1. The molecule has 1 aromatic carbocycles. The summed E-state index contributed by atoms with van der Waals surface area (Å²) in [6.45, 7) is 0.941. The van der Waals surface area contributed by atoms with E-state index in [4.69, 9.17) is 0 Å². The first-order chi connectivity index (χ1) is 12.2. The van der Waals surface area contributed by atoms with Gasteiger partial charge in [0.25, 0.3) is 0 Å². The molecule has 2 atom stereocenters. The van der Waals surface area contributed by atoms with E-state index in [1.165, 1.54) is 10.5 Å². The number of benzene rings is 1. The summed E-state index contributed by atoms with van der Waals surface area (Å²) < 4.78 is 0. The van der Waals surface area contributed by atoms with Gasteiger partial charge < -0.3 is 5.32 Å². The molecule has 25 heavy (non-hydrogen) atoms. The Labute approximate surface area is 148 Å². The number of carbonyl (C=O) groups is 3. The van der Waals surface area contributed by atoms with Gasteiger partial charge in [-0.1, -0.05) is 42.5 Å². The lowest BCUT2D eigenvalue weighted by Gasteiger charge is -2.14. The molecule has 0 saturated carbocycles. The largest absolute Gasteiger partial charge is 0.356 e. The molecule has 0 spiro atoms. The Bertz CT molecular complexity index is 643. The normalized spacial score (nSPS) is 22.2. The van der Waals surface area contributed by atoms with Crippen molar-refractivity contribution in [2.45, 2.75) is 32.1 Å². The topological polar surface area (TPSA) is 66.5 Å². The SMILES string of the molecule is O=C(CCCN1C(=O)[C@H]2CC=CC[C@@H]2C1=O)NCCc1ccccc1. The Hall–Kier alpha value is -2.43. The van der Waals surface area contributed by atoms with Crippen molar-refractivity contribution in [2.75, 3.05) is 13.1 Å². The Morgan fingerprint density at radius 2 is 1.68 bits per heavy atom. The fraction of sp³-hybridized carbons (Fsp3) is 0.450. The fourth-order valence-electron chi connectivity index (χ4n) is 3.57. The van der Waals surface area contributed by atoms with Crippen molar-refractivity contribution >= 4 is 17.7 Å². The summed E-state index contributed by atoms with van der Waals surface area (Å²) in [5, 5.41) is 2.89. The number of amides is 3. The van der Waals surface area contributed by atoms with E-state index in [0.29, 0.717) is 38.8 Å². The van der Waals surface area contributed by atoms with Crippen LogP contribution in [0.3, 0.4) is 0 Å². The van der Waals surface area contributed by atoms with Crippen molar-refractivity contribution in [1.82, 2.24) is 10.2 Å². The van der Waals surface area contributed by atoms with Crippen LogP contribution in [-0.4, -0.2) is 35.7 Å². The van der Waals surface area contributed by atoms with Crippen LogP contribution in [0.5, 0.6) is 0 Å². The van der Waals surface area contributed by atoms with Crippen molar-refractivity contribution in [3.05, 3.63) is 48.0 Å². The van der Waals surface area contributed by atoms with Crippen LogP contribution in [0.15, 0.2) is 42.5 Å². The van der Waals surface area contributed by atoms with E-state index in [-0.39, 0.29) is 29.6 Å². The fourth-order valence-corrected chi connectivity index (χ4v) is 3.57. The third-order valence-electron chi connectivity index (χ3n) is 4.96. The summed E-state index contributed by atoms with van der Waals surface area (Å²) in [7, 11) is 0. The molecule has 3 rings (SSSR count). The molecule has 5 nitrogen and oxygen atoms in total. The van der Waals surface area contributed by atoms with Crippen molar-refractivity contribution < 1.29 is 14.4 Å². The predicted molar refractivity (Wildman–Crippen MR) is 94.5 cm³/mol. The number of nitrogens with one attached hydrogen (secondary N) is 1. The Morgan fingerprint density at radius 3 is 2.32 bits per heavy atom. The first kappa shape index (κ1) is 17.4. The molecule has 1 aliphatic carbocycles. The molecule has 0 unspecified atom stereocenters. The van der Waals surface area contributed by atoms with Crippen LogP contribution in [0.1, 0.15) is 31.2 Å². The number of fused-ring (bicyclic) bond motifs is 1. The monoisotopic (exact) mass is 340 g/mol. The molecule has 1 N–H and O–H groups in total. The quantitative estimate of drug-likeness (QED) is 0.610. The van der Waals surface area contributed by atoms with Crippen molar-refractivity contribution in [1.29, 1.82) is 0 Å². The van der Waals surface area contributed by atoms with Crippen molar-refractivity contribution in [3.8, 4) is 0 Å². The third-order valence-corrected chi connectivity index (χ3v) is 4.96. The Morgan fingerprint density at radius 1 is 1.04 bits per heavy atom. The summed E-state index contributed by atoms with van der Waals surface area (Å²) in [6.07, 6.45) is 6.93. The van der Waals surface area contributed by atoms with Gasteiger partial charge in [-0.05, 0) is 31.2 Å². The van der Waals surface area contributed by atoms with Crippen LogP contribution < -0.4 is 5.32 Å². The molecule has 1 aliphatic heterocycles. The number of hydrogen-bond acceptors (Lipinski definition) is 3. The van der Waals surface area contributed by atoms with Crippen molar-refractivity contribution in [3.63, 3.8) is 0 Å². The summed E-state index contributed by atoms with van der Waals surface area (Å²) in [5.74, 6) is -0.531. The maximum atomic E-state index is 12.3. The molecule has 1 fully saturated rings. The van der Waals surface area contributed by atoms with Crippen LogP contribution in [0.4, 0.5) is 0 Å². The zero-order valence-electron chi connectivity index (χ0n) is 14.3. The van der Waals surface area contributed by atoms with E-state index in [1.807, 2.05) is 42.5 Å². The minimum absolute atomic E-state index is 0.0332. The van der Waals surface area contributed by atoms with Gasteiger partial charge in [0.15, 0.2) is 0 Å². The molecule has 5 heteroatoms. The van der Waals surface area contributed by atoms with Gasteiger partial charge in [0.2, 0.25) is 17.7 Å². The summed E-state index contributed by atoms with van der Waals surface area (Å²) in [6, 6.07) is 9.99. The van der Waals surface area contributed by atoms with Gasteiger partial charge in [-0.3, -0.25) is 19.3 Å². The third kappa shape index (κ3) is 4.16. The van der Waals surface area contributed by atoms with Crippen LogP contribution in [-0.2, 0) is 20.8 Å². The number of rotatable bonds is 7. The smallest absolute Gasteiger partial charge is 0.233 e. The lowest BCUT2D eigenvalue weighted by molar-refractivity contribution is -0.140. The van der Waals surface area contributed by atoms with Gasteiger partial charge in [-0.2, -0.15) is 0 Å². The van der Waals surface area contributed by atoms with Gasteiger partial charge in [0.05, 0.1) is 11.8 Å². The van der Waals surface area contributed by atoms with E-state index in [2.05, 4.69) is 5.32 Å². The Kier molecular flexibility index (Phi) is 5.64. The highest BCUT2D eigenvalue weighted by atomic mass is 16.2.